The predicted molar refractivity (Wildman–Crippen MR) is 80.2 cm³/mol. The van der Waals surface area contributed by atoms with Crippen molar-refractivity contribution in [3.63, 3.8) is 0 Å². The van der Waals surface area contributed by atoms with Gasteiger partial charge in [0.25, 0.3) is 0 Å². The minimum atomic E-state index is 0.0874. The summed E-state index contributed by atoms with van der Waals surface area (Å²) in [5.41, 5.74) is 4.26. The molecule has 0 unspecified atom stereocenters. The maximum absolute atomic E-state index is 9.10. The van der Waals surface area contributed by atoms with Crippen molar-refractivity contribution in [1.82, 2.24) is 9.78 Å². The molecule has 3 nitrogen and oxygen atoms in total. The molecule has 0 aliphatic rings. The van der Waals surface area contributed by atoms with Gasteiger partial charge in [0.15, 0.2) is 0 Å². The van der Waals surface area contributed by atoms with E-state index in [1.54, 1.807) is 4.68 Å². The van der Waals surface area contributed by atoms with Crippen molar-refractivity contribution in [1.29, 1.82) is 0 Å². The maximum Gasteiger partial charge on any atom is 0.100 e. The first-order valence-corrected chi connectivity index (χ1v) is 6.67. The zero-order valence-corrected chi connectivity index (χ0v) is 11.1. The van der Waals surface area contributed by atoms with Crippen LogP contribution < -0.4 is 0 Å². The van der Waals surface area contributed by atoms with Gasteiger partial charge < -0.3 is 5.11 Å². The highest BCUT2D eigenvalue weighted by molar-refractivity contribution is 5.80. The van der Waals surface area contributed by atoms with Gasteiger partial charge in [-0.05, 0) is 5.56 Å². The van der Waals surface area contributed by atoms with E-state index >= 15 is 0 Å². The standard InChI is InChI=1S/C17H16N2O/c20-12-11-19-13-16(14-7-3-1-4-8-14)17(18-19)15-9-5-2-6-10-15/h1-10,13,20H,11-12H2. The van der Waals surface area contributed by atoms with Gasteiger partial charge in [0, 0.05) is 17.3 Å². The van der Waals surface area contributed by atoms with Crippen molar-refractivity contribution >= 4 is 0 Å². The Bertz CT molecular complexity index is 618. The normalized spacial score (nSPS) is 10.7. The van der Waals surface area contributed by atoms with Gasteiger partial charge in [-0.15, -0.1) is 0 Å². The molecule has 1 heterocycles. The number of rotatable bonds is 4. The average Bonchev–Trinajstić information content (AvgIpc) is 2.93. The van der Waals surface area contributed by atoms with Crippen LogP contribution in [0.1, 0.15) is 0 Å². The molecule has 0 saturated carbocycles. The molecule has 0 aliphatic carbocycles. The van der Waals surface area contributed by atoms with E-state index < -0.39 is 0 Å². The van der Waals surface area contributed by atoms with E-state index in [1.807, 2.05) is 42.6 Å². The first-order valence-electron chi connectivity index (χ1n) is 6.67. The lowest BCUT2D eigenvalue weighted by Crippen LogP contribution is -2.02. The highest BCUT2D eigenvalue weighted by Gasteiger charge is 2.12. The Kier molecular flexibility index (Phi) is 3.61. The number of hydrogen-bond donors (Lipinski definition) is 1. The first-order chi connectivity index (χ1) is 9.88. The van der Waals surface area contributed by atoms with Gasteiger partial charge in [-0.2, -0.15) is 5.10 Å². The minimum Gasteiger partial charge on any atom is -0.394 e. The highest BCUT2D eigenvalue weighted by Crippen LogP contribution is 2.30. The summed E-state index contributed by atoms with van der Waals surface area (Å²) in [5, 5.41) is 13.7. The Labute approximate surface area is 118 Å². The number of nitrogens with zero attached hydrogens (tertiary/aromatic N) is 2. The summed E-state index contributed by atoms with van der Waals surface area (Å²) < 4.78 is 1.80. The van der Waals surface area contributed by atoms with Crippen LogP contribution in [0.2, 0.25) is 0 Å². The smallest absolute Gasteiger partial charge is 0.100 e. The molecule has 3 aromatic rings. The van der Waals surface area contributed by atoms with Gasteiger partial charge in [-0.25, -0.2) is 0 Å². The van der Waals surface area contributed by atoms with Crippen LogP contribution in [0.4, 0.5) is 0 Å². The Hall–Kier alpha value is -2.39. The van der Waals surface area contributed by atoms with Crippen LogP contribution in [-0.4, -0.2) is 21.5 Å². The third kappa shape index (κ3) is 2.49. The van der Waals surface area contributed by atoms with Gasteiger partial charge in [0.1, 0.15) is 5.69 Å². The van der Waals surface area contributed by atoms with Gasteiger partial charge in [-0.3, -0.25) is 4.68 Å². The van der Waals surface area contributed by atoms with Crippen molar-refractivity contribution in [3.05, 3.63) is 66.9 Å². The molecule has 1 N–H and O–H groups in total. The Balaban J connectivity index is 2.13. The molecule has 0 aliphatic heterocycles. The third-order valence-corrected chi connectivity index (χ3v) is 3.22. The maximum atomic E-state index is 9.10. The van der Waals surface area contributed by atoms with Gasteiger partial charge in [0.2, 0.25) is 0 Å². The molecule has 0 spiro atoms. The van der Waals surface area contributed by atoms with Crippen LogP contribution in [0.5, 0.6) is 0 Å². The van der Waals surface area contributed by atoms with Crippen LogP contribution in [-0.2, 0) is 6.54 Å². The topological polar surface area (TPSA) is 38.0 Å². The van der Waals surface area contributed by atoms with Crippen LogP contribution in [0.25, 0.3) is 22.4 Å². The summed E-state index contributed by atoms with van der Waals surface area (Å²) >= 11 is 0. The molecule has 2 aromatic carbocycles. The second-order valence-corrected chi connectivity index (χ2v) is 4.61. The lowest BCUT2D eigenvalue weighted by molar-refractivity contribution is 0.269. The fourth-order valence-electron chi connectivity index (χ4n) is 2.28. The van der Waals surface area contributed by atoms with Crippen molar-refractivity contribution in [2.24, 2.45) is 0 Å². The van der Waals surface area contributed by atoms with Gasteiger partial charge in [0.05, 0.1) is 13.2 Å². The molecule has 100 valence electrons. The third-order valence-electron chi connectivity index (χ3n) is 3.22. The molecular formula is C17H16N2O. The summed E-state index contributed by atoms with van der Waals surface area (Å²) in [6.45, 7) is 0.594. The molecule has 0 fully saturated rings. The number of aliphatic hydroxyl groups excluding tert-OH is 1. The van der Waals surface area contributed by atoms with Gasteiger partial charge in [-0.1, -0.05) is 60.7 Å². The van der Waals surface area contributed by atoms with E-state index in [0.29, 0.717) is 6.54 Å². The fraction of sp³-hybridized carbons (Fsp3) is 0.118. The van der Waals surface area contributed by atoms with E-state index in [0.717, 1.165) is 22.4 Å². The number of hydrogen-bond acceptors (Lipinski definition) is 2. The van der Waals surface area contributed by atoms with Crippen molar-refractivity contribution < 1.29 is 5.11 Å². The molecule has 3 rings (SSSR count). The molecule has 3 heteroatoms. The van der Waals surface area contributed by atoms with Crippen LogP contribution in [0.3, 0.4) is 0 Å². The second kappa shape index (κ2) is 5.72. The second-order valence-electron chi connectivity index (χ2n) is 4.61. The van der Waals surface area contributed by atoms with Crippen LogP contribution >= 0.6 is 0 Å². The molecule has 1 aromatic heterocycles. The molecule has 0 radical (unpaired) electrons. The summed E-state index contributed by atoms with van der Waals surface area (Å²) in [6, 6.07) is 20.3. The van der Waals surface area contributed by atoms with Gasteiger partial charge >= 0.3 is 0 Å². The van der Waals surface area contributed by atoms with E-state index in [-0.39, 0.29) is 6.61 Å². The van der Waals surface area contributed by atoms with E-state index in [4.69, 9.17) is 5.11 Å². The lowest BCUT2D eigenvalue weighted by Gasteiger charge is -2.02. The highest BCUT2D eigenvalue weighted by atomic mass is 16.3. The van der Waals surface area contributed by atoms with E-state index in [9.17, 15) is 0 Å². The average molecular weight is 264 g/mol. The molecule has 20 heavy (non-hydrogen) atoms. The molecule has 0 saturated heterocycles. The minimum absolute atomic E-state index is 0.0874. The predicted octanol–water partition coefficient (Wildman–Crippen LogP) is 3.21. The Morgan fingerprint density at radius 2 is 1.45 bits per heavy atom. The molecule has 0 atom stereocenters. The van der Waals surface area contributed by atoms with Crippen molar-refractivity contribution in [2.75, 3.05) is 6.61 Å². The number of benzene rings is 2. The SMILES string of the molecule is OCCn1cc(-c2ccccc2)c(-c2ccccc2)n1. The lowest BCUT2D eigenvalue weighted by atomic mass is 10.0. The van der Waals surface area contributed by atoms with E-state index in [1.165, 1.54) is 0 Å². The monoisotopic (exact) mass is 264 g/mol. The Morgan fingerprint density at radius 1 is 0.850 bits per heavy atom. The zero-order valence-electron chi connectivity index (χ0n) is 11.1. The molecule has 0 bridgehead atoms. The van der Waals surface area contributed by atoms with Crippen LogP contribution in [0, 0.1) is 0 Å². The zero-order chi connectivity index (χ0) is 13.8. The quantitative estimate of drug-likeness (QED) is 0.785. The largest absolute Gasteiger partial charge is 0.394 e. The number of aliphatic hydroxyl groups is 1. The summed E-state index contributed by atoms with van der Waals surface area (Å²) in [5.74, 6) is 0. The number of aromatic nitrogens is 2. The summed E-state index contributed by atoms with van der Waals surface area (Å²) in [7, 11) is 0. The van der Waals surface area contributed by atoms with E-state index in [2.05, 4.69) is 29.4 Å². The first kappa shape index (κ1) is 12.6. The molecular weight excluding hydrogens is 248 g/mol. The molecule has 0 amide bonds. The van der Waals surface area contributed by atoms with Crippen LogP contribution in [0.15, 0.2) is 66.9 Å². The van der Waals surface area contributed by atoms with Crippen molar-refractivity contribution in [3.8, 4) is 22.4 Å². The fourth-order valence-corrected chi connectivity index (χ4v) is 2.28. The Morgan fingerprint density at radius 3 is 2.05 bits per heavy atom. The summed E-state index contributed by atoms with van der Waals surface area (Å²) in [6.07, 6.45) is 1.99. The summed E-state index contributed by atoms with van der Waals surface area (Å²) in [4.78, 5) is 0. The van der Waals surface area contributed by atoms with Crippen molar-refractivity contribution in [2.45, 2.75) is 6.54 Å².